The molecule has 0 bridgehead atoms. The zero-order valence-electron chi connectivity index (χ0n) is 19.4. The highest BCUT2D eigenvalue weighted by Gasteiger charge is 2.33. The van der Waals surface area contributed by atoms with Crippen LogP contribution in [0.5, 0.6) is 11.5 Å². The molecule has 0 unspecified atom stereocenters. The first kappa shape index (κ1) is 23.8. The average molecular weight is 514 g/mol. The molecule has 3 aromatic rings. The molecule has 2 aromatic carbocycles. The number of nitrogens with zero attached hydrogens (tertiary/aromatic N) is 2. The van der Waals surface area contributed by atoms with E-state index in [1.165, 1.54) is 33.3 Å². The van der Waals surface area contributed by atoms with Crippen LogP contribution in [-0.4, -0.2) is 49.9 Å². The van der Waals surface area contributed by atoms with E-state index in [0.29, 0.717) is 42.7 Å². The second-order valence-corrected chi connectivity index (χ2v) is 11.4. The minimum atomic E-state index is -3.68. The van der Waals surface area contributed by atoms with Crippen LogP contribution in [0.3, 0.4) is 0 Å². The van der Waals surface area contributed by atoms with E-state index in [4.69, 9.17) is 9.47 Å². The van der Waals surface area contributed by atoms with E-state index in [9.17, 15) is 13.2 Å². The number of sulfonamides is 1. The molecule has 0 spiro atoms. The molecule has 1 fully saturated rings. The van der Waals surface area contributed by atoms with E-state index in [-0.39, 0.29) is 29.8 Å². The highest BCUT2D eigenvalue weighted by atomic mass is 32.2. The number of ether oxygens (including phenoxy) is 2. The Morgan fingerprint density at radius 3 is 2.51 bits per heavy atom. The van der Waals surface area contributed by atoms with Crippen LogP contribution >= 0.6 is 11.3 Å². The smallest absolute Gasteiger partial charge is 0.243 e. The van der Waals surface area contributed by atoms with Gasteiger partial charge in [-0.05, 0) is 37.0 Å². The molecule has 0 atom stereocenters. The number of aromatic nitrogens is 1. The maximum atomic E-state index is 13.1. The molecule has 184 valence electrons. The fourth-order valence-corrected chi connectivity index (χ4v) is 6.48. The summed E-state index contributed by atoms with van der Waals surface area (Å²) in [5.41, 5.74) is 3.10. The standard InChI is InChI=1S/C25H27N3O5S2/c1-2-17-3-5-18(6-4-17)21-16-34-25(26-21)27-24(29)19-9-11-28(12-10-19)35(30,31)20-7-8-22-23(15-20)33-14-13-32-22/h3-8,15-16,19H,2,9-14H2,1H3,(H,26,27,29). The monoisotopic (exact) mass is 513 g/mol. The lowest BCUT2D eigenvalue weighted by atomic mass is 9.97. The van der Waals surface area contributed by atoms with Gasteiger partial charge in [0, 0.05) is 36.0 Å². The van der Waals surface area contributed by atoms with Gasteiger partial charge in [0.25, 0.3) is 0 Å². The zero-order valence-corrected chi connectivity index (χ0v) is 21.0. The van der Waals surface area contributed by atoms with Crippen LogP contribution in [0.1, 0.15) is 25.3 Å². The summed E-state index contributed by atoms with van der Waals surface area (Å²) in [6.45, 7) is 3.51. The second kappa shape index (κ2) is 9.96. The van der Waals surface area contributed by atoms with Gasteiger partial charge < -0.3 is 14.8 Å². The van der Waals surface area contributed by atoms with Crippen LogP contribution < -0.4 is 14.8 Å². The Morgan fingerprint density at radius 2 is 1.80 bits per heavy atom. The summed E-state index contributed by atoms with van der Waals surface area (Å²) < 4.78 is 38.7. The van der Waals surface area contributed by atoms with Gasteiger partial charge in [-0.1, -0.05) is 31.2 Å². The van der Waals surface area contributed by atoms with Gasteiger partial charge in [0.1, 0.15) is 13.2 Å². The van der Waals surface area contributed by atoms with Crippen molar-refractivity contribution in [3.63, 3.8) is 0 Å². The summed E-state index contributed by atoms with van der Waals surface area (Å²) in [6.07, 6.45) is 1.88. The quantitative estimate of drug-likeness (QED) is 0.531. The lowest BCUT2D eigenvalue weighted by Crippen LogP contribution is -2.41. The van der Waals surface area contributed by atoms with E-state index in [2.05, 4.69) is 29.4 Å². The number of nitrogens with one attached hydrogen (secondary N) is 1. The van der Waals surface area contributed by atoms with E-state index >= 15 is 0 Å². The van der Waals surface area contributed by atoms with Crippen molar-refractivity contribution in [3.05, 3.63) is 53.4 Å². The molecule has 1 N–H and O–H groups in total. The topological polar surface area (TPSA) is 97.8 Å². The fraction of sp³-hybridized carbons (Fsp3) is 0.360. The summed E-state index contributed by atoms with van der Waals surface area (Å²) >= 11 is 1.39. The predicted molar refractivity (Wildman–Crippen MR) is 134 cm³/mol. The van der Waals surface area contributed by atoms with Gasteiger partial charge in [-0.2, -0.15) is 4.31 Å². The van der Waals surface area contributed by atoms with Gasteiger partial charge >= 0.3 is 0 Å². The highest BCUT2D eigenvalue weighted by Crippen LogP contribution is 2.34. The number of carbonyl (C=O) groups excluding carboxylic acids is 1. The van der Waals surface area contributed by atoms with Crippen molar-refractivity contribution in [3.8, 4) is 22.8 Å². The molecule has 0 saturated carbocycles. The van der Waals surface area contributed by atoms with Crippen molar-refractivity contribution < 1.29 is 22.7 Å². The molecule has 1 aromatic heterocycles. The fourth-order valence-electron chi connectivity index (χ4n) is 4.27. The third-order valence-electron chi connectivity index (χ3n) is 6.37. The maximum Gasteiger partial charge on any atom is 0.243 e. The van der Waals surface area contributed by atoms with Crippen LogP contribution in [0, 0.1) is 5.92 Å². The number of benzene rings is 2. The molecule has 5 rings (SSSR count). The Labute approximate surface area is 209 Å². The average Bonchev–Trinajstić information content (AvgIpc) is 3.37. The molecule has 3 heterocycles. The number of rotatable bonds is 6. The van der Waals surface area contributed by atoms with Gasteiger partial charge in [0.05, 0.1) is 10.6 Å². The Morgan fingerprint density at radius 1 is 1.09 bits per heavy atom. The Hall–Kier alpha value is -2.95. The third-order valence-corrected chi connectivity index (χ3v) is 9.02. The number of piperidine rings is 1. The molecule has 1 amide bonds. The Bertz CT molecular complexity index is 1310. The second-order valence-electron chi connectivity index (χ2n) is 8.56. The summed E-state index contributed by atoms with van der Waals surface area (Å²) in [7, 11) is -3.68. The number of amides is 1. The first-order valence-corrected chi connectivity index (χ1v) is 14.0. The van der Waals surface area contributed by atoms with Crippen molar-refractivity contribution in [2.45, 2.75) is 31.1 Å². The van der Waals surface area contributed by atoms with E-state index < -0.39 is 10.0 Å². The maximum absolute atomic E-state index is 13.1. The summed E-state index contributed by atoms with van der Waals surface area (Å²) in [4.78, 5) is 17.6. The zero-order chi connectivity index (χ0) is 24.4. The summed E-state index contributed by atoms with van der Waals surface area (Å²) in [5.74, 6) is 0.603. The van der Waals surface area contributed by atoms with Crippen LogP contribution in [0.15, 0.2) is 52.7 Å². The molecule has 1 saturated heterocycles. The molecular formula is C25H27N3O5S2. The number of aryl methyl sites for hydroxylation is 1. The van der Waals surface area contributed by atoms with Crippen LogP contribution in [-0.2, 0) is 21.2 Å². The summed E-state index contributed by atoms with van der Waals surface area (Å²) in [5, 5.41) is 5.40. The Balaban J connectivity index is 1.19. The lowest BCUT2D eigenvalue weighted by molar-refractivity contribution is -0.120. The molecule has 10 heteroatoms. The SMILES string of the molecule is CCc1ccc(-c2csc(NC(=O)C3CCN(S(=O)(=O)c4ccc5c(c4)OCCO5)CC3)n2)cc1. The highest BCUT2D eigenvalue weighted by molar-refractivity contribution is 7.89. The molecule has 2 aliphatic rings. The minimum absolute atomic E-state index is 0.122. The van der Waals surface area contributed by atoms with Crippen LogP contribution in [0.2, 0.25) is 0 Å². The normalized spacial score (nSPS) is 16.7. The van der Waals surface area contributed by atoms with Crippen LogP contribution in [0.4, 0.5) is 5.13 Å². The molecule has 35 heavy (non-hydrogen) atoms. The number of fused-ring (bicyclic) bond motifs is 1. The van der Waals surface area contributed by atoms with Crippen molar-refractivity contribution in [1.29, 1.82) is 0 Å². The number of hydrogen-bond acceptors (Lipinski definition) is 7. The number of thiazole rings is 1. The molecule has 8 nitrogen and oxygen atoms in total. The van der Waals surface area contributed by atoms with Gasteiger partial charge in [0.2, 0.25) is 15.9 Å². The number of anilines is 1. The van der Waals surface area contributed by atoms with Gasteiger partial charge in [0.15, 0.2) is 16.6 Å². The molecule has 2 aliphatic heterocycles. The van der Waals surface area contributed by atoms with E-state index in [0.717, 1.165) is 17.7 Å². The molecule has 0 aliphatic carbocycles. The predicted octanol–water partition coefficient (Wildman–Crippen LogP) is 4.18. The van der Waals surface area contributed by atoms with Crippen LogP contribution in [0.25, 0.3) is 11.3 Å². The first-order valence-electron chi connectivity index (χ1n) is 11.7. The number of carbonyl (C=O) groups is 1. The molecule has 0 radical (unpaired) electrons. The van der Waals surface area contributed by atoms with Crippen molar-refractivity contribution in [2.75, 3.05) is 31.6 Å². The van der Waals surface area contributed by atoms with Gasteiger partial charge in [-0.3, -0.25) is 4.79 Å². The first-order chi connectivity index (χ1) is 16.9. The third kappa shape index (κ3) is 5.05. The van der Waals surface area contributed by atoms with Crippen molar-refractivity contribution >= 4 is 32.4 Å². The lowest BCUT2D eigenvalue weighted by Gasteiger charge is -2.30. The van der Waals surface area contributed by atoms with Crippen molar-refractivity contribution in [2.24, 2.45) is 5.92 Å². The Kier molecular flexibility index (Phi) is 6.77. The summed E-state index contributed by atoms with van der Waals surface area (Å²) in [6, 6.07) is 12.9. The van der Waals surface area contributed by atoms with Gasteiger partial charge in [-0.15, -0.1) is 11.3 Å². The number of hydrogen-bond donors (Lipinski definition) is 1. The largest absolute Gasteiger partial charge is 0.486 e. The van der Waals surface area contributed by atoms with Gasteiger partial charge in [-0.25, -0.2) is 13.4 Å². The molecular weight excluding hydrogens is 486 g/mol. The van der Waals surface area contributed by atoms with Crippen molar-refractivity contribution in [1.82, 2.24) is 9.29 Å². The minimum Gasteiger partial charge on any atom is -0.486 e. The van der Waals surface area contributed by atoms with E-state index in [1.807, 2.05) is 17.5 Å². The van der Waals surface area contributed by atoms with E-state index in [1.54, 1.807) is 6.07 Å².